The van der Waals surface area contributed by atoms with Crippen LogP contribution in [0.15, 0.2) is 40.9 Å². The zero-order chi connectivity index (χ0) is 20.8. The van der Waals surface area contributed by atoms with Gasteiger partial charge in [0.2, 0.25) is 0 Å². The fraction of sp³-hybridized carbons (Fsp3) is 0.238. The molecular formula is C21H17BrClNO5. The highest BCUT2D eigenvalue weighted by atomic mass is 79.9. The summed E-state index contributed by atoms with van der Waals surface area (Å²) in [4.78, 5) is 25.2. The van der Waals surface area contributed by atoms with Gasteiger partial charge in [0.15, 0.2) is 0 Å². The van der Waals surface area contributed by atoms with Crippen molar-refractivity contribution in [3.05, 3.63) is 57.0 Å². The van der Waals surface area contributed by atoms with Crippen LogP contribution in [0.1, 0.15) is 18.1 Å². The second kappa shape index (κ2) is 7.48. The molecule has 8 heteroatoms. The average molecular weight is 479 g/mol. The van der Waals surface area contributed by atoms with E-state index in [-0.39, 0.29) is 16.7 Å². The molecule has 29 heavy (non-hydrogen) atoms. The van der Waals surface area contributed by atoms with Gasteiger partial charge < -0.3 is 14.6 Å². The predicted molar refractivity (Wildman–Crippen MR) is 113 cm³/mol. The maximum absolute atomic E-state index is 12.9. The molecule has 0 aromatic heterocycles. The second-order valence-electron chi connectivity index (χ2n) is 7.42. The third-order valence-corrected chi connectivity index (χ3v) is 5.59. The highest BCUT2D eigenvalue weighted by Crippen LogP contribution is 2.41. The van der Waals surface area contributed by atoms with Gasteiger partial charge in [-0.2, -0.15) is 0 Å². The summed E-state index contributed by atoms with van der Waals surface area (Å²) < 4.78 is 12.1. The Hall–Kier alpha value is -2.35. The number of ether oxygens (including phenoxy) is 2. The molecule has 2 amide bonds. The zero-order valence-electron chi connectivity index (χ0n) is 15.4. The average Bonchev–Trinajstić information content (AvgIpc) is 2.90. The Kier molecular flexibility index (Phi) is 5.14. The van der Waals surface area contributed by atoms with E-state index in [1.807, 2.05) is 18.2 Å². The van der Waals surface area contributed by atoms with Gasteiger partial charge in [0.1, 0.15) is 5.75 Å². The van der Waals surface area contributed by atoms with E-state index in [2.05, 4.69) is 22.9 Å². The van der Waals surface area contributed by atoms with E-state index in [1.165, 1.54) is 6.07 Å². The number of fused-ring (bicyclic) bond motifs is 1. The third-order valence-electron chi connectivity index (χ3n) is 4.86. The van der Waals surface area contributed by atoms with Crippen molar-refractivity contribution in [3.8, 4) is 5.75 Å². The minimum Gasteiger partial charge on any atom is -0.492 e. The molecule has 2 heterocycles. The van der Waals surface area contributed by atoms with Crippen LogP contribution in [-0.2, 0) is 9.53 Å². The highest BCUT2D eigenvalue weighted by Gasteiger charge is 2.37. The van der Waals surface area contributed by atoms with Crippen LogP contribution < -0.4 is 9.64 Å². The van der Waals surface area contributed by atoms with Gasteiger partial charge in [-0.3, -0.25) is 4.79 Å². The summed E-state index contributed by atoms with van der Waals surface area (Å²) in [6.07, 6.45) is 0.295. The first kappa shape index (κ1) is 19.9. The number of rotatable bonds is 4. The summed E-state index contributed by atoms with van der Waals surface area (Å²) in [7, 11) is 0. The number of anilines is 1. The Morgan fingerprint density at radius 3 is 2.76 bits per heavy atom. The Balaban J connectivity index is 1.75. The second-order valence-corrected chi connectivity index (χ2v) is 8.77. The molecule has 0 unspecified atom stereocenters. The molecule has 2 aromatic carbocycles. The quantitative estimate of drug-likeness (QED) is 0.620. The minimum absolute atomic E-state index is 0.0376. The minimum atomic E-state index is -1.36. The van der Waals surface area contributed by atoms with Gasteiger partial charge in [-0.25, -0.2) is 9.69 Å². The number of halogens is 2. The van der Waals surface area contributed by atoms with Crippen LogP contribution in [-0.4, -0.2) is 36.9 Å². The summed E-state index contributed by atoms with van der Waals surface area (Å²) >= 11 is 9.45. The Labute approximate surface area is 180 Å². The Bertz CT molecular complexity index is 1050. The first-order chi connectivity index (χ1) is 13.8. The first-order valence-electron chi connectivity index (χ1n) is 8.86. The topological polar surface area (TPSA) is 76.1 Å². The van der Waals surface area contributed by atoms with Gasteiger partial charge in [0, 0.05) is 26.0 Å². The Morgan fingerprint density at radius 2 is 2.10 bits per heavy atom. The molecule has 0 bridgehead atoms. The van der Waals surface area contributed by atoms with E-state index in [4.69, 9.17) is 21.1 Å². The van der Waals surface area contributed by atoms with E-state index in [1.54, 1.807) is 18.2 Å². The van der Waals surface area contributed by atoms with E-state index in [0.29, 0.717) is 46.6 Å². The highest BCUT2D eigenvalue weighted by molar-refractivity contribution is 9.10. The van der Waals surface area contributed by atoms with E-state index in [0.717, 1.165) is 4.47 Å². The SMILES string of the molecule is CC1(COc2ccc(Br)cc2/C=C2\C(=O)N(C(=O)O)c3cc(Cl)ccc32)COC1. The number of imide groups is 1. The molecule has 0 radical (unpaired) electrons. The monoisotopic (exact) mass is 477 g/mol. The number of carbonyl (C=O) groups excluding carboxylic acids is 1. The molecule has 1 N–H and O–H groups in total. The number of hydrogen-bond acceptors (Lipinski definition) is 4. The number of nitrogens with zero attached hydrogens (tertiary/aromatic N) is 1. The zero-order valence-corrected chi connectivity index (χ0v) is 17.8. The first-order valence-corrected chi connectivity index (χ1v) is 10.0. The number of amides is 2. The molecule has 1 saturated heterocycles. The van der Waals surface area contributed by atoms with Gasteiger partial charge in [-0.15, -0.1) is 0 Å². The van der Waals surface area contributed by atoms with Gasteiger partial charge in [0.25, 0.3) is 5.91 Å². The third kappa shape index (κ3) is 3.77. The number of carbonyl (C=O) groups is 2. The molecule has 0 spiro atoms. The van der Waals surface area contributed by atoms with Crippen molar-refractivity contribution >= 4 is 56.9 Å². The summed E-state index contributed by atoms with van der Waals surface area (Å²) in [6.45, 7) is 3.84. The molecule has 2 aromatic rings. The largest absolute Gasteiger partial charge is 0.492 e. The summed E-state index contributed by atoms with van der Waals surface area (Å²) in [5.74, 6) is -0.0223. The number of carboxylic acid groups (broad SMARTS) is 1. The molecule has 4 rings (SSSR count). The van der Waals surface area contributed by atoms with Crippen molar-refractivity contribution in [1.82, 2.24) is 0 Å². The predicted octanol–water partition coefficient (Wildman–Crippen LogP) is 5.08. The van der Waals surface area contributed by atoms with Crippen molar-refractivity contribution in [2.75, 3.05) is 24.7 Å². The van der Waals surface area contributed by atoms with Crippen molar-refractivity contribution in [3.63, 3.8) is 0 Å². The molecule has 2 aliphatic rings. The van der Waals surface area contributed by atoms with Crippen LogP contribution in [0.3, 0.4) is 0 Å². The van der Waals surface area contributed by atoms with Gasteiger partial charge in [-0.1, -0.05) is 40.5 Å². The summed E-state index contributed by atoms with van der Waals surface area (Å²) in [5, 5.41) is 9.86. The van der Waals surface area contributed by atoms with Crippen molar-refractivity contribution < 1.29 is 24.2 Å². The molecule has 1 fully saturated rings. The van der Waals surface area contributed by atoms with Crippen LogP contribution in [0.4, 0.5) is 10.5 Å². The fourth-order valence-electron chi connectivity index (χ4n) is 3.30. The maximum Gasteiger partial charge on any atom is 0.419 e. The van der Waals surface area contributed by atoms with Crippen LogP contribution in [0.25, 0.3) is 11.6 Å². The van der Waals surface area contributed by atoms with E-state index < -0.39 is 12.0 Å². The number of benzene rings is 2. The molecular weight excluding hydrogens is 462 g/mol. The molecule has 0 saturated carbocycles. The molecule has 150 valence electrons. The fourth-order valence-corrected chi connectivity index (χ4v) is 3.84. The normalized spacial score (nSPS) is 18.5. The van der Waals surface area contributed by atoms with E-state index >= 15 is 0 Å². The lowest BCUT2D eigenvalue weighted by Gasteiger charge is -2.37. The lowest BCUT2D eigenvalue weighted by atomic mass is 9.90. The molecule has 0 aliphatic carbocycles. The van der Waals surface area contributed by atoms with Crippen LogP contribution in [0.5, 0.6) is 5.75 Å². The smallest absolute Gasteiger partial charge is 0.419 e. The van der Waals surface area contributed by atoms with E-state index in [9.17, 15) is 14.7 Å². The van der Waals surface area contributed by atoms with Crippen molar-refractivity contribution in [2.24, 2.45) is 5.41 Å². The molecule has 0 atom stereocenters. The van der Waals surface area contributed by atoms with Gasteiger partial charge in [-0.05, 0) is 36.4 Å². The van der Waals surface area contributed by atoms with Crippen LogP contribution in [0.2, 0.25) is 5.02 Å². The van der Waals surface area contributed by atoms with Gasteiger partial charge >= 0.3 is 6.09 Å². The molecule has 6 nitrogen and oxygen atoms in total. The van der Waals surface area contributed by atoms with Crippen molar-refractivity contribution in [2.45, 2.75) is 6.92 Å². The number of hydrogen-bond donors (Lipinski definition) is 1. The van der Waals surface area contributed by atoms with Crippen LogP contribution in [0, 0.1) is 5.41 Å². The summed E-state index contributed by atoms with van der Waals surface area (Å²) in [5.41, 5.74) is 1.65. The van der Waals surface area contributed by atoms with Gasteiger partial charge in [0.05, 0.1) is 31.1 Å². The lowest BCUT2D eigenvalue weighted by Crippen LogP contribution is -2.44. The Morgan fingerprint density at radius 1 is 1.34 bits per heavy atom. The van der Waals surface area contributed by atoms with Crippen molar-refractivity contribution in [1.29, 1.82) is 0 Å². The van der Waals surface area contributed by atoms with Crippen LogP contribution >= 0.6 is 27.5 Å². The maximum atomic E-state index is 12.9. The summed E-state index contributed by atoms with van der Waals surface area (Å²) in [6, 6.07) is 10.2. The molecule has 2 aliphatic heterocycles. The standard InChI is InChI=1S/C21H17BrClNO5/c1-21(9-28-10-21)11-29-18-5-2-13(22)6-12(18)7-16-15-4-3-14(23)8-17(15)24(19(16)25)20(26)27/h2-8H,9-11H2,1H3,(H,26,27)/b16-7-. The lowest BCUT2D eigenvalue weighted by molar-refractivity contribution is -0.120.